The molecule has 0 unspecified atom stereocenters. The predicted molar refractivity (Wildman–Crippen MR) is 66.2 cm³/mol. The molecule has 6 heteroatoms. The van der Waals surface area contributed by atoms with Gasteiger partial charge in [-0.3, -0.25) is 10.1 Å². The molecule has 1 aliphatic rings. The molecule has 1 N–H and O–H groups in total. The van der Waals surface area contributed by atoms with Crippen molar-refractivity contribution in [2.45, 2.75) is 19.4 Å². The van der Waals surface area contributed by atoms with Gasteiger partial charge in [-0.25, -0.2) is 0 Å². The lowest BCUT2D eigenvalue weighted by atomic mass is 10.0. The molecule has 0 spiro atoms. The Kier molecular flexibility index (Phi) is 4.47. The normalized spacial score (nSPS) is 17.2. The Morgan fingerprint density at radius 3 is 2.94 bits per heavy atom. The van der Waals surface area contributed by atoms with E-state index in [9.17, 15) is 10.1 Å². The van der Waals surface area contributed by atoms with E-state index in [1.807, 2.05) is 5.38 Å². The monoisotopic (exact) mass is 256 g/mol. The van der Waals surface area contributed by atoms with Gasteiger partial charge in [-0.1, -0.05) is 11.3 Å². The Morgan fingerprint density at radius 2 is 2.29 bits per heavy atom. The number of ether oxygens (including phenoxy) is 1. The summed E-state index contributed by atoms with van der Waals surface area (Å²) in [4.78, 5) is 10.2. The zero-order chi connectivity index (χ0) is 12.1. The first-order chi connectivity index (χ1) is 8.25. The van der Waals surface area contributed by atoms with E-state index in [4.69, 9.17) is 4.74 Å². The summed E-state index contributed by atoms with van der Waals surface area (Å²) in [5.74, 6) is 0.678. The molecule has 0 amide bonds. The molecular formula is C11H16N2O3S. The first-order valence-electron chi connectivity index (χ1n) is 5.76. The van der Waals surface area contributed by atoms with Crippen LogP contribution in [0.15, 0.2) is 11.4 Å². The molecule has 1 aromatic heterocycles. The summed E-state index contributed by atoms with van der Waals surface area (Å²) in [6.07, 6.45) is 2.22. The molecule has 0 atom stereocenters. The molecule has 1 fully saturated rings. The lowest BCUT2D eigenvalue weighted by molar-refractivity contribution is -0.380. The number of hydrogen-bond acceptors (Lipinski definition) is 5. The average molecular weight is 256 g/mol. The minimum Gasteiger partial charge on any atom is -0.381 e. The topological polar surface area (TPSA) is 64.4 Å². The van der Waals surface area contributed by atoms with Gasteiger partial charge in [-0.2, -0.15) is 0 Å². The van der Waals surface area contributed by atoms with Crippen LogP contribution in [0.5, 0.6) is 0 Å². The van der Waals surface area contributed by atoms with E-state index in [2.05, 4.69) is 5.32 Å². The second kappa shape index (κ2) is 6.09. The number of hydrogen-bond donors (Lipinski definition) is 1. The van der Waals surface area contributed by atoms with Crippen LogP contribution in [0, 0.1) is 16.0 Å². The highest BCUT2D eigenvalue weighted by Gasteiger charge is 2.13. The maximum atomic E-state index is 10.5. The predicted octanol–water partition coefficient (Wildman–Crippen LogP) is 2.17. The molecule has 5 nitrogen and oxygen atoms in total. The summed E-state index contributed by atoms with van der Waals surface area (Å²) in [5.41, 5.74) is 0.994. The summed E-state index contributed by atoms with van der Waals surface area (Å²) < 4.78 is 5.29. The van der Waals surface area contributed by atoms with E-state index < -0.39 is 0 Å². The number of rotatable bonds is 5. The van der Waals surface area contributed by atoms with Gasteiger partial charge in [0.15, 0.2) is 0 Å². The van der Waals surface area contributed by atoms with Gasteiger partial charge in [0.25, 0.3) is 0 Å². The zero-order valence-electron chi connectivity index (χ0n) is 9.55. The lowest BCUT2D eigenvalue weighted by Crippen LogP contribution is -2.27. The molecule has 17 heavy (non-hydrogen) atoms. The van der Waals surface area contributed by atoms with E-state index in [1.54, 1.807) is 6.07 Å². The first kappa shape index (κ1) is 12.5. The van der Waals surface area contributed by atoms with Crippen LogP contribution < -0.4 is 5.32 Å². The van der Waals surface area contributed by atoms with Gasteiger partial charge < -0.3 is 10.1 Å². The summed E-state index contributed by atoms with van der Waals surface area (Å²) in [6.45, 7) is 3.39. The van der Waals surface area contributed by atoms with Crippen molar-refractivity contribution in [3.8, 4) is 0 Å². The number of nitrogens with zero attached hydrogens (tertiary/aromatic N) is 1. The number of nitro groups is 1. The maximum Gasteiger partial charge on any atom is 0.324 e. The average Bonchev–Trinajstić information content (AvgIpc) is 2.79. The molecule has 0 bridgehead atoms. The SMILES string of the molecule is O=[N+]([O-])c1cc(CNCC2CCOCC2)cs1. The third-order valence-electron chi connectivity index (χ3n) is 2.92. The highest BCUT2D eigenvalue weighted by atomic mass is 32.1. The van der Waals surface area contributed by atoms with E-state index >= 15 is 0 Å². The molecule has 0 aliphatic carbocycles. The van der Waals surface area contributed by atoms with Crippen LogP contribution in [-0.2, 0) is 11.3 Å². The third-order valence-corrected chi connectivity index (χ3v) is 3.85. The molecule has 0 aromatic carbocycles. The van der Waals surface area contributed by atoms with Gasteiger partial charge >= 0.3 is 5.00 Å². The largest absolute Gasteiger partial charge is 0.381 e. The van der Waals surface area contributed by atoms with Gasteiger partial charge in [0, 0.05) is 31.2 Å². The molecule has 2 rings (SSSR count). The third kappa shape index (κ3) is 3.76. The second-order valence-electron chi connectivity index (χ2n) is 4.24. The fraction of sp³-hybridized carbons (Fsp3) is 0.636. The number of nitrogens with one attached hydrogen (secondary N) is 1. The molecule has 2 heterocycles. The van der Waals surface area contributed by atoms with E-state index in [0.29, 0.717) is 12.5 Å². The second-order valence-corrected chi connectivity index (χ2v) is 5.13. The molecular weight excluding hydrogens is 240 g/mol. The van der Waals surface area contributed by atoms with Gasteiger partial charge in [-0.15, -0.1) is 0 Å². The first-order valence-corrected chi connectivity index (χ1v) is 6.64. The minimum absolute atomic E-state index is 0.216. The van der Waals surface area contributed by atoms with Crippen molar-refractivity contribution < 1.29 is 9.66 Å². The van der Waals surface area contributed by atoms with Crippen LogP contribution in [0.25, 0.3) is 0 Å². The van der Waals surface area contributed by atoms with E-state index in [1.165, 1.54) is 11.3 Å². The zero-order valence-corrected chi connectivity index (χ0v) is 10.4. The summed E-state index contributed by atoms with van der Waals surface area (Å²) >= 11 is 1.18. The molecule has 1 aliphatic heterocycles. The molecule has 94 valence electrons. The Hall–Kier alpha value is -0.980. The standard InChI is InChI=1S/C11H16N2O3S/c14-13(15)11-5-10(8-17-11)7-12-6-9-1-3-16-4-2-9/h5,8-9,12H,1-4,6-7H2. The number of thiophene rings is 1. The lowest BCUT2D eigenvalue weighted by Gasteiger charge is -2.22. The Morgan fingerprint density at radius 1 is 1.53 bits per heavy atom. The van der Waals surface area contributed by atoms with Crippen molar-refractivity contribution in [1.29, 1.82) is 0 Å². The summed E-state index contributed by atoms with van der Waals surface area (Å²) in [6, 6.07) is 1.64. The summed E-state index contributed by atoms with van der Waals surface area (Å²) in [5, 5.41) is 15.9. The fourth-order valence-electron chi connectivity index (χ4n) is 1.92. The van der Waals surface area contributed by atoms with Gasteiger partial charge in [0.2, 0.25) is 0 Å². The van der Waals surface area contributed by atoms with Crippen molar-refractivity contribution in [2.24, 2.45) is 5.92 Å². The highest BCUT2D eigenvalue weighted by Crippen LogP contribution is 2.22. The van der Waals surface area contributed by atoms with Gasteiger partial charge in [-0.05, 0) is 30.9 Å². The van der Waals surface area contributed by atoms with Gasteiger partial charge in [0.05, 0.1) is 4.92 Å². The van der Waals surface area contributed by atoms with Crippen molar-refractivity contribution in [1.82, 2.24) is 5.32 Å². The van der Waals surface area contributed by atoms with Gasteiger partial charge in [0.1, 0.15) is 0 Å². The molecule has 1 aromatic rings. The van der Waals surface area contributed by atoms with Crippen LogP contribution in [0.4, 0.5) is 5.00 Å². The smallest absolute Gasteiger partial charge is 0.324 e. The Labute approximate surface area is 104 Å². The van der Waals surface area contributed by atoms with Crippen molar-refractivity contribution in [3.05, 3.63) is 27.1 Å². The maximum absolute atomic E-state index is 10.5. The van der Waals surface area contributed by atoms with Crippen LogP contribution in [0.1, 0.15) is 18.4 Å². The van der Waals surface area contributed by atoms with Crippen LogP contribution in [-0.4, -0.2) is 24.7 Å². The van der Waals surface area contributed by atoms with E-state index in [0.717, 1.165) is 38.2 Å². The molecule has 0 saturated carbocycles. The fourth-order valence-corrected chi connectivity index (χ4v) is 2.65. The van der Waals surface area contributed by atoms with Crippen LogP contribution in [0.2, 0.25) is 0 Å². The highest BCUT2D eigenvalue weighted by molar-refractivity contribution is 7.13. The molecule has 1 saturated heterocycles. The van der Waals surface area contributed by atoms with Crippen molar-refractivity contribution >= 4 is 16.3 Å². The van der Waals surface area contributed by atoms with Crippen LogP contribution in [0.3, 0.4) is 0 Å². The van der Waals surface area contributed by atoms with Crippen molar-refractivity contribution in [2.75, 3.05) is 19.8 Å². The summed E-state index contributed by atoms with van der Waals surface area (Å²) in [7, 11) is 0. The van der Waals surface area contributed by atoms with E-state index in [-0.39, 0.29) is 9.92 Å². The Balaban J connectivity index is 1.71. The molecule has 0 radical (unpaired) electrons. The Bertz CT molecular complexity index is 375. The quantitative estimate of drug-likeness (QED) is 0.647. The minimum atomic E-state index is -0.341. The van der Waals surface area contributed by atoms with Crippen LogP contribution >= 0.6 is 11.3 Å². The van der Waals surface area contributed by atoms with Crippen molar-refractivity contribution in [3.63, 3.8) is 0 Å².